The third-order valence-electron chi connectivity index (χ3n) is 4.80. The summed E-state index contributed by atoms with van der Waals surface area (Å²) < 4.78 is 28.8. The van der Waals surface area contributed by atoms with E-state index in [0.717, 1.165) is 63.6 Å². The molecule has 172 valence electrons. The predicted octanol–water partition coefficient (Wildman–Crippen LogP) is 2.31. The number of rotatable bonds is 9. The highest BCUT2D eigenvalue weighted by Gasteiger charge is 2.21. The first kappa shape index (κ1) is 27.1. The van der Waals surface area contributed by atoms with Crippen LogP contribution in [0.2, 0.25) is 0 Å². The zero-order valence-electron chi connectivity index (χ0n) is 18.6. The Morgan fingerprint density at radius 3 is 2.37 bits per heavy atom. The molecule has 7 nitrogen and oxygen atoms in total. The number of morpholine rings is 1. The van der Waals surface area contributed by atoms with Crippen LogP contribution in [-0.4, -0.2) is 77.0 Å². The van der Waals surface area contributed by atoms with Crippen LogP contribution in [0.4, 0.5) is 0 Å². The van der Waals surface area contributed by atoms with Crippen molar-refractivity contribution in [3.63, 3.8) is 0 Å². The lowest BCUT2D eigenvalue weighted by atomic mass is 10.1. The van der Waals surface area contributed by atoms with Crippen LogP contribution >= 0.6 is 24.0 Å². The molecular weight excluding hydrogens is 515 g/mol. The van der Waals surface area contributed by atoms with Crippen LogP contribution in [0.25, 0.3) is 0 Å². The Balaban J connectivity index is 0.00000450. The zero-order valence-corrected chi connectivity index (χ0v) is 21.7. The highest BCUT2D eigenvalue weighted by atomic mass is 127. The molecule has 1 aliphatic rings. The van der Waals surface area contributed by atoms with Crippen molar-refractivity contribution in [3.8, 4) is 0 Å². The smallest absolute Gasteiger partial charge is 0.191 e. The largest absolute Gasteiger partial charge is 0.373 e. The molecule has 0 aliphatic carbocycles. The minimum absolute atomic E-state index is 0. The summed E-state index contributed by atoms with van der Waals surface area (Å²) in [6.45, 7) is 11.7. The molecule has 1 heterocycles. The van der Waals surface area contributed by atoms with E-state index in [0.29, 0.717) is 17.1 Å². The fourth-order valence-electron chi connectivity index (χ4n) is 3.52. The van der Waals surface area contributed by atoms with Crippen LogP contribution < -0.4 is 10.6 Å². The van der Waals surface area contributed by atoms with E-state index < -0.39 is 9.84 Å². The molecular formula is C21H37IN4O3S. The molecule has 30 heavy (non-hydrogen) atoms. The summed E-state index contributed by atoms with van der Waals surface area (Å²) in [5, 5.41) is 6.63. The van der Waals surface area contributed by atoms with E-state index in [1.54, 1.807) is 12.1 Å². The van der Waals surface area contributed by atoms with Crippen LogP contribution in [0.5, 0.6) is 0 Å². The minimum Gasteiger partial charge on any atom is -0.373 e. The van der Waals surface area contributed by atoms with Gasteiger partial charge in [0.05, 0.1) is 17.1 Å². The first-order valence-electron chi connectivity index (χ1n) is 10.5. The second kappa shape index (κ2) is 13.5. The van der Waals surface area contributed by atoms with Gasteiger partial charge in [0.1, 0.15) is 0 Å². The number of halogens is 1. The highest BCUT2D eigenvalue weighted by molar-refractivity contribution is 14.0. The lowest BCUT2D eigenvalue weighted by Gasteiger charge is -2.35. The Hall–Kier alpha value is -0.910. The van der Waals surface area contributed by atoms with Crippen molar-refractivity contribution >= 4 is 39.8 Å². The molecule has 1 aromatic rings. The van der Waals surface area contributed by atoms with E-state index in [1.165, 1.54) is 6.26 Å². The van der Waals surface area contributed by atoms with Gasteiger partial charge in [-0.3, -0.25) is 9.89 Å². The number of hydrogen-bond donors (Lipinski definition) is 2. The molecule has 2 atom stereocenters. The van der Waals surface area contributed by atoms with Gasteiger partial charge in [0.15, 0.2) is 15.8 Å². The van der Waals surface area contributed by atoms with Gasteiger partial charge >= 0.3 is 0 Å². The molecule has 0 saturated carbocycles. The summed E-state index contributed by atoms with van der Waals surface area (Å²) in [6, 6.07) is 7.06. The number of benzene rings is 1. The van der Waals surface area contributed by atoms with Gasteiger partial charge in [-0.2, -0.15) is 0 Å². The van der Waals surface area contributed by atoms with E-state index in [4.69, 9.17) is 4.74 Å². The monoisotopic (exact) mass is 552 g/mol. The molecule has 1 fully saturated rings. The van der Waals surface area contributed by atoms with E-state index in [9.17, 15) is 8.42 Å². The molecule has 0 radical (unpaired) electrons. The fraction of sp³-hybridized carbons (Fsp3) is 0.667. The van der Waals surface area contributed by atoms with Crippen LogP contribution in [0, 0.1) is 0 Å². The lowest BCUT2D eigenvalue weighted by molar-refractivity contribution is -0.0679. The third-order valence-corrected chi connectivity index (χ3v) is 5.93. The average molecular weight is 553 g/mol. The van der Waals surface area contributed by atoms with Crippen LogP contribution in [-0.2, 0) is 21.0 Å². The summed E-state index contributed by atoms with van der Waals surface area (Å²) in [6.07, 6.45) is 3.64. The molecule has 1 aliphatic heterocycles. The Morgan fingerprint density at radius 2 is 1.80 bits per heavy atom. The molecule has 1 saturated heterocycles. The third kappa shape index (κ3) is 9.93. The van der Waals surface area contributed by atoms with Crippen molar-refractivity contribution in [1.82, 2.24) is 15.5 Å². The Kier molecular flexibility index (Phi) is 12.2. The summed E-state index contributed by atoms with van der Waals surface area (Å²) >= 11 is 0. The standard InChI is InChI=1S/C21H36N4O3S.HI/c1-5-22-21(23-12-6-14-25-15-17(2)28-18(3)16-25)24-13-11-19-7-9-20(10-8-19)29(4,26)27;/h7-10,17-18H,5-6,11-16H2,1-4H3,(H2,22,23,24);1H. The molecule has 0 bridgehead atoms. The molecule has 2 unspecified atom stereocenters. The second-order valence-corrected chi connectivity index (χ2v) is 9.74. The van der Waals surface area contributed by atoms with Gasteiger partial charge in [-0.15, -0.1) is 24.0 Å². The van der Waals surface area contributed by atoms with Gasteiger partial charge in [-0.05, 0) is 51.3 Å². The number of hydrogen-bond acceptors (Lipinski definition) is 5. The maximum Gasteiger partial charge on any atom is 0.191 e. The number of aliphatic imine (C=N–C) groups is 1. The normalized spacial score (nSPS) is 20.5. The van der Waals surface area contributed by atoms with Gasteiger partial charge in [-0.25, -0.2) is 8.42 Å². The first-order valence-corrected chi connectivity index (χ1v) is 12.4. The van der Waals surface area contributed by atoms with Crippen molar-refractivity contribution in [2.45, 2.75) is 50.7 Å². The van der Waals surface area contributed by atoms with Gasteiger partial charge in [-0.1, -0.05) is 12.1 Å². The summed E-state index contributed by atoms with van der Waals surface area (Å²) in [5.74, 6) is 0.823. The van der Waals surface area contributed by atoms with Crippen LogP contribution in [0.3, 0.4) is 0 Å². The maximum atomic E-state index is 11.5. The van der Waals surface area contributed by atoms with Gasteiger partial charge < -0.3 is 15.4 Å². The number of ether oxygens (including phenoxy) is 1. The van der Waals surface area contributed by atoms with Crippen molar-refractivity contribution < 1.29 is 13.2 Å². The van der Waals surface area contributed by atoms with Crippen molar-refractivity contribution in [1.29, 1.82) is 0 Å². The van der Waals surface area contributed by atoms with E-state index in [2.05, 4.69) is 41.3 Å². The predicted molar refractivity (Wildman–Crippen MR) is 134 cm³/mol. The van der Waals surface area contributed by atoms with Gasteiger partial charge in [0.2, 0.25) is 0 Å². The second-order valence-electron chi connectivity index (χ2n) is 7.72. The number of guanidine groups is 1. The van der Waals surface area contributed by atoms with Crippen LogP contribution in [0.1, 0.15) is 32.8 Å². The van der Waals surface area contributed by atoms with Gasteiger partial charge in [0.25, 0.3) is 0 Å². The highest BCUT2D eigenvalue weighted by Crippen LogP contribution is 2.11. The SMILES string of the molecule is CCNC(=NCCCN1CC(C)OC(C)C1)NCCc1ccc(S(C)(=O)=O)cc1.I. The summed E-state index contributed by atoms with van der Waals surface area (Å²) in [7, 11) is -3.14. The van der Waals surface area contributed by atoms with E-state index in [1.807, 2.05) is 12.1 Å². The maximum absolute atomic E-state index is 11.5. The molecule has 0 amide bonds. The molecule has 0 spiro atoms. The Morgan fingerprint density at radius 1 is 1.17 bits per heavy atom. The zero-order chi connectivity index (χ0) is 21.3. The number of sulfone groups is 1. The Bertz CT molecular complexity index is 746. The van der Waals surface area contributed by atoms with E-state index in [-0.39, 0.29) is 24.0 Å². The molecule has 2 rings (SSSR count). The fourth-order valence-corrected chi connectivity index (χ4v) is 4.15. The van der Waals surface area contributed by atoms with Crippen molar-refractivity contribution in [3.05, 3.63) is 29.8 Å². The van der Waals surface area contributed by atoms with Crippen LogP contribution in [0.15, 0.2) is 34.2 Å². The average Bonchev–Trinajstić information content (AvgIpc) is 2.64. The lowest BCUT2D eigenvalue weighted by Crippen LogP contribution is -2.45. The minimum atomic E-state index is -3.14. The van der Waals surface area contributed by atoms with Gasteiger partial charge in [0, 0.05) is 45.5 Å². The number of nitrogens with one attached hydrogen (secondary N) is 2. The topological polar surface area (TPSA) is 83.0 Å². The molecule has 9 heteroatoms. The quantitative estimate of drug-likeness (QED) is 0.212. The Labute approximate surface area is 199 Å². The van der Waals surface area contributed by atoms with E-state index >= 15 is 0 Å². The summed E-state index contributed by atoms with van der Waals surface area (Å²) in [5.41, 5.74) is 1.09. The number of nitrogens with zero attached hydrogens (tertiary/aromatic N) is 2. The molecule has 1 aromatic carbocycles. The first-order chi connectivity index (χ1) is 13.8. The van der Waals surface area contributed by atoms with Crippen molar-refractivity contribution in [2.75, 3.05) is 45.5 Å². The molecule has 2 N–H and O–H groups in total. The molecule has 0 aromatic heterocycles. The summed E-state index contributed by atoms with van der Waals surface area (Å²) in [4.78, 5) is 7.48. The van der Waals surface area contributed by atoms with Crippen molar-refractivity contribution in [2.24, 2.45) is 4.99 Å².